The Labute approximate surface area is 942 Å². The summed E-state index contributed by atoms with van der Waals surface area (Å²) >= 11 is 0. The summed E-state index contributed by atoms with van der Waals surface area (Å²) in [6, 6.07) is 0. The molecule has 5 saturated heterocycles. The van der Waals surface area contributed by atoms with Crippen LogP contribution < -0.4 is 0 Å². The molecule has 5 heterocycles. The molecule has 13 nitrogen and oxygen atoms in total. The van der Waals surface area contributed by atoms with Crippen molar-refractivity contribution in [3.8, 4) is 0 Å². The van der Waals surface area contributed by atoms with Crippen LogP contribution in [0.15, 0.2) is 0 Å². The van der Waals surface area contributed by atoms with E-state index in [9.17, 15) is 20.1 Å². The molecule has 5 aliphatic heterocycles. The Morgan fingerprint density at radius 1 is 0.329 bits per heavy atom. The van der Waals surface area contributed by atoms with Gasteiger partial charge in [0.15, 0.2) is 6.10 Å². The number of morpholine rings is 2. The maximum Gasteiger partial charge on any atom is 0.335 e. The molecule has 8 atom stereocenters. The van der Waals surface area contributed by atoms with Crippen LogP contribution in [0.4, 0.5) is 0 Å². The van der Waals surface area contributed by atoms with Gasteiger partial charge in [-0.3, -0.25) is 9.80 Å². The number of aliphatic hydroxyl groups excluding tert-OH is 3. The maximum atomic E-state index is 10.8. The second-order valence-corrected chi connectivity index (χ2v) is 55.0. The van der Waals surface area contributed by atoms with Gasteiger partial charge >= 0.3 is 5.97 Å². The average Bonchev–Trinajstić information content (AvgIpc) is 1.72. The van der Waals surface area contributed by atoms with E-state index < -0.39 is 41.9 Å². The summed E-state index contributed by atoms with van der Waals surface area (Å²) in [4.78, 5) is 18.4. The molecule has 8 aliphatic rings. The highest BCUT2D eigenvalue weighted by atomic mass is 16.6. The fraction of sp³-hybridized carbons (Fsp3) is 0.993. The van der Waals surface area contributed by atoms with Crippen molar-refractivity contribution in [1.82, 2.24) is 14.7 Å². The van der Waals surface area contributed by atoms with E-state index >= 15 is 0 Å². The molecule has 0 aromatic heterocycles. The predicted octanol–water partition coefficient (Wildman–Crippen LogP) is 40.0. The van der Waals surface area contributed by atoms with Crippen LogP contribution in [-0.4, -0.2) is 183 Å². The quantitative estimate of drug-likeness (QED) is 0.0428. The Morgan fingerprint density at radius 3 is 0.933 bits per heavy atom. The van der Waals surface area contributed by atoms with Crippen molar-refractivity contribution in [3.63, 3.8) is 0 Å². The first-order chi connectivity index (χ1) is 69.5. The molecule has 3 aliphatic carbocycles. The van der Waals surface area contributed by atoms with Gasteiger partial charge in [-0.1, -0.05) is 493 Å². The molecule has 910 valence electrons. The summed E-state index contributed by atoms with van der Waals surface area (Å²) in [5.74, 6) is 21.3. The number of carboxylic acids is 1. The summed E-state index contributed by atoms with van der Waals surface area (Å²) in [5.41, 5.74) is -0.533. The van der Waals surface area contributed by atoms with Gasteiger partial charge in [0.2, 0.25) is 0 Å². The number of ether oxygens (including phenoxy) is 5. The van der Waals surface area contributed by atoms with Crippen molar-refractivity contribution < 1.29 is 48.9 Å². The highest BCUT2D eigenvalue weighted by Gasteiger charge is 2.50. The number of likely N-dealkylation sites (tertiary alicyclic amines) is 1. The number of carbonyl (C=O) groups is 1. The van der Waals surface area contributed by atoms with Gasteiger partial charge in [-0.05, 0) is 276 Å². The standard InChI is InChI=1S/C13H28.C10H21NO.C10H21N.C10H18O6.C9H19NO.C8H16O.C8H16.2C8H18.C7H14.3C7H16.C6H14O.C6H12.2C6H14/c1-4-5-6-7-8-9-10-11-12-13(2)3;1-10(2)4-3-5-11-6-8-12-9-7-11;1-10(2)6-9-11-7-4-3-5-8-11;1-10(2,3)8-6(13)4(11)5(12)7(16-8)9(14)15;1-9(2)3-4-10-5-7-11-8-6-10;1-7(2)6-8-4-3-5-9-8;1-7(2)8-5-3-4-6-8;1-7(2)5-6-8(3)4;1-5-8(6-2)7(3)4;1-6(2)5-7-3-4-7;1-6(2)5-7(3)4;2*1-5-7(4)6(2)3;1-6(2)4-5-7-3;1-5(2)6-3-4-6;1-5(2)6(3)4;1-4-5-6(2)3/h13H,4-12H2,1-3H3;10H,3-9H2,1-2H3;10H,3-9H2,1-2H3;4-8,11-13H,1-3H3,(H,14,15);9H,3-8H2,1-2H3;7-8H,3-6H2,1-2H3;7-8H,3-6H2,1-2H3;2*7-8H,5-6H2,1-4H3;6-7H,3-5H2,1-2H3;3*6-7H,5H2,1-4H3;6H,4-5H2,1-3H3;5-6H,3-4H2,1-2H3;5-6H,1-4H3;6H,4-5H2,1-3H3/t;;;4-,5-,6+,7-,8?;;8-;;;;;;2*7-;;;;/m...0.0.....10..../s1. The Hall–Kier alpha value is -0.970. The molecule has 3 saturated carbocycles. The van der Waals surface area contributed by atoms with Gasteiger partial charge in [0.05, 0.1) is 38.6 Å². The van der Waals surface area contributed by atoms with E-state index in [0.717, 1.165) is 214 Å². The van der Waals surface area contributed by atoms with Gasteiger partial charge < -0.3 is 49.0 Å². The van der Waals surface area contributed by atoms with Crippen molar-refractivity contribution in [1.29, 1.82) is 0 Å². The van der Waals surface area contributed by atoms with Crippen molar-refractivity contribution in [2.45, 2.75) is 620 Å². The molecule has 8 rings (SSSR count). The molecule has 0 aromatic carbocycles. The minimum Gasteiger partial charge on any atom is -0.479 e. The maximum absolute atomic E-state index is 10.8. The van der Waals surface area contributed by atoms with E-state index in [1.54, 1.807) is 27.9 Å². The molecule has 0 radical (unpaired) electrons. The Kier molecular flexibility index (Phi) is 123. The highest BCUT2D eigenvalue weighted by molar-refractivity contribution is 5.73. The van der Waals surface area contributed by atoms with Crippen LogP contribution in [0.2, 0.25) is 0 Å². The topological polar surface area (TPSA) is 154 Å². The van der Waals surface area contributed by atoms with E-state index in [0.29, 0.717) is 6.10 Å². The SMILES string of the molecule is CC(C)(C)C1O[C@H](C(=O)O)[C@@H](O)[C@H](O)[C@H]1O.CC(C)C(C)C.CC(C)C1CC1.CC(C)C1CCCC1.CC(C)CC(C)C.CC(C)CC1CC1.CC(C)CCC(C)C.CC(C)CCCN1CCOCC1.CC(C)CCN1CCCCC1.CC(C)CCN1CCOCC1.CC(C)C[C@@H]1CCCO1.CCC(CC)C(C)C.CCCC(C)C.CCCCCCCCCCC(C)C.CC[C@@H](C)C(C)C.CC[C@H](C)C(C)C.COCCC(C)C. The number of aliphatic carboxylic acids is 1. The van der Waals surface area contributed by atoms with E-state index in [-0.39, 0.29) is 0 Å². The molecule has 0 aromatic rings. The molecule has 0 spiro atoms. The normalized spacial score (nSPS) is 19.3. The second kappa shape index (κ2) is 111. The number of methoxy groups -OCH3 is 1. The number of hydrogen-bond acceptors (Lipinski definition) is 12. The molecule has 13 heteroatoms. The smallest absolute Gasteiger partial charge is 0.335 e. The fourth-order valence-electron chi connectivity index (χ4n) is 17.4. The lowest BCUT2D eigenvalue weighted by molar-refractivity contribution is -0.246. The minimum atomic E-state index is -1.62. The largest absolute Gasteiger partial charge is 0.479 e. The number of carboxylic acid groups (broad SMARTS) is 1. The second-order valence-electron chi connectivity index (χ2n) is 55.0. The van der Waals surface area contributed by atoms with E-state index in [4.69, 9.17) is 28.8 Å². The number of nitrogens with zero attached hydrogens (tertiary/aromatic N) is 3. The van der Waals surface area contributed by atoms with Gasteiger partial charge in [0.25, 0.3) is 0 Å². The molecule has 0 bridgehead atoms. The van der Waals surface area contributed by atoms with Gasteiger partial charge in [-0.25, -0.2) is 4.79 Å². The van der Waals surface area contributed by atoms with E-state index in [2.05, 4.69) is 333 Å². The lowest BCUT2D eigenvalue weighted by Gasteiger charge is -2.44. The number of hydrogen-bond donors (Lipinski definition) is 4. The lowest BCUT2D eigenvalue weighted by Crippen LogP contribution is -2.62. The number of unbranched alkanes of at least 4 members (excludes halogenated alkanes) is 7. The Bertz CT molecular complexity index is 2450. The third-order valence-corrected chi connectivity index (χ3v) is 30.4. The number of aliphatic hydroxyl groups is 3. The van der Waals surface area contributed by atoms with Crippen LogP contribution in [0.1, 0.15) is 583 Å². The molecule has 149 heavy (non-hydrogen) atoms. The van der Waals surface area contributed by atoms with Crippen LogP contribution in [0.3, 0.4) is 0 Å². The van der Waals surface area contributed by atoms with Crippen LogP contribution in [-0.2, 0) is 28.5 Å². The zero-order chi connectivity index (χ0) is 117. The summed E-state index contributed by atoms with van der Waals surface area (Å²) in [5, 5.41) is 37.5. The molecular formula is C136H291N3O10. The molecule has 8 fully saturated rings. The first-order valence-corrected chi connectivity index (χ1v) is 64.8. The summed E-state index contributed by atoms with van der Waals surface area (Å²) in [7, 11) is 1.74. The summed E-state index contributed by atoms with van der Waals surface area (Å²) < 4.78 is 26.0. The van der Waals surface area contributed by atoms with Crippen LogP contribution in [0.5, 0.6) is 0 Å². The Balaban J connectivity index is -0.000000201. The monoisotopic (exact) mass is 2130 g/mol. The minimum absolute atomic E-state index is 0.533. The first-order valence-electron chi connectivity index (χ1n) is 64.8. The predicted molar refractivity (Wildman–Crippen MR) is 670 cm³/mol. The Morgan fingerprint density at radius 2 is 0.698 bits per heavy atom. The molecule has 0 amide bonds. The van der Waals surface area contributed by atoms with Gasteiger partial charge in [-0.2, -0.15) is 0 Å². The summed E-state index contributed by atoms with van der Waals surface area (Å²) in [6.07, 6.45) is 47.1. The fourth-order valence-corrected chi connectivity index (χ4v) is 17.4. The van der Waals surface area contributed by atoms with Gasteiger partial charge in [0.1, 0.15) is 18.3 Å². The van der Waals surface area contributed by atoms with Crippen molar-refractivity contribution >= 4 is 5.97 Å². The van der Waals surface area contributed by atoms with Gasteiger partial charge in [-0.15, -0.1) is 0 Å². The van der Waals surface area contributed by atoms with Crippen molar-refractivity contribution in [2.24, 2.45) is 153 Å². The average molecular weight is 2130 g/mol. The first kappa shape index (κ1) is 166. The number of rotatable bonds is 44. The summed E-state index contributed by atoms with van der Waals surface area (Å²) in [6.45, 7) is 127. The van der Waals surface area contributed by atoms with E-state index in [1.165, 1.54) is 277 Å². The van der Waals surface area contributed by atoms with Gasteiger partial charge in [0, 0.05) is 46.5 Å². The molecular weight excluding hydrogens is 1840 g/mol. The third kappa shape index (κ3) is 129. The highest BCUT2D eigenvalue weighted by Crippen LogP contribution is 2.37. The molecule has 1 unspecified atom stereocenters. The van der Waals surface area contributed by atoms with Crippen LogP contribution in [0, 0.1) is 153 Å². The zero-order valence-corrected chi connectivity index (χ0v) is 112. The van der Waals surface area contributed by atoms with Crippen LogP contribution in [0.25, 0.3) is 0 Å². The van der Waals surface area contributed by atoms with Crippen molar-refractivity contribution in [3.05, 3.63) is 0 Å². The van der Waals surface area contributed by atoms with E-state index in [1.807, 2.05) is 0 Å². The lowest BCUT2D eigenvalue weighted by atomic mass is 9.80. The van der Waals surface area contributed by atoms with Crippen molar-refractivity contribution in [2.75, 3.05) is 106 Å². The third-order valence-electron chi connectivity index (χ3n) is 30.4. The van der Waals surface area contributed by atoms with Crippen LogP contribution >= 0.6 is 0 Å². The zero-order valence-electron chi connectivity index (χ0n) is 112. The number of piperidine rings is 1. The molecule has 4 N–H and O–H groups in total.